The van der Waals surface area contributed by atoms with Crippen LogP contribution < -0.4 is 165 Å². The summed E-state index contributed by atoms with van der Waals surface area (Å²) in [5.41, 5.74) is 0. The zero-order chi connectivity index (χ0) is 0. The fraction of sp³-hybridized carbons (Fsp3) is 0. The van der Waals surface area contributed by atoms with Crippen molar-refractivity contribution < 1.29 is 165 Å². The van der Waals surface area contributed by atoms with Gasteiger partial charge in [0.25, 0.3) is 0 Å². The molecule has 0 atom stereocenters. The molecule has 0 aromatic carbocycles. The summed E-state index contributed by atoms with van der Waals surface area (Å²) < 4.78 is 0. The average molecular weight is 755 g/mol. The Hall–Kier alpha value is 5.84. The predicted octanol–water partition coefficient (Wildman–Crippen LogP) is -15.4. The van der Waals surface area contributed by atoms with Gasteiger partial charge in [-0.2, -0.15) is 0 Å². The molecule has 0 fully saturated rings. The number of halogens is 4. The molecule has 0 nitrogen and oxygen atoms in total. The molecule has 6 heteroatoms. The zero-order valence-electron chi connectivity index (χ0n) is 3.09. The van der Waals surface area contributed by atoms with E-state index >= 15 is 0 Å². The van der Waals surface area contributed by atoms with Crippen LogP contribution in [0.25, 0.3) is 0 Å². The molecule has 6 heavy (non-hydrogen) atoms. The van der Waals surface area contributed by atoms with Gasteiger partial charge in [0.05, 0.1) is 0 Å². The maximum absolute atomic E-state index is 0. The Labute approximate surface area is 184 Å². The van der Waals surface area contributed by atoms with Crippen LogP contribution in [0.3, 0.4) is 0 Å². The van der Waals surface area contributed by atoms with E-state index in [0.717, 1.165) is 0 Å². The Bertz CT molecular complexity index is 7.51. The molecule has 0 aliphatic heterocycles. The monoisotopic (exact) mass is 755 g/mol. The molecular formula is CsI4In. The standard InChI is InChI=1S/Cs.4HI.In/h;4*1H;/q+1;;;;;+3/p-4. The first-order valence-corrected chi connectivity index (χ1v) is 0. The predicted molar refractivity (Wildman–Crippen MR) is 5.75 cm³/mol. The first-order chi connectivity index (χ1) is 0. The van der Waals surface area contributed by atoms with Crippen molar-refractivity contribution in [2.24, 2.45) is 0 Å². The summed E-state index contributed by atoms with van der Waals surface area (Å²) in [7, 11) is 0. The van der Waals surface area contributed by atoms with Gasteiger partial charge in [0.2, 0.25) is 0 Å². The Kier molecular flexibility index (Phi) is 209. The van der Waals surface area contributed by atoms with Gasteiger partial charge in [-0.05, 0) is 0 Å². The summed E-state index contributed by atoms with van der Waals surface area (Å²) in [6.07, 6.45) is 0. The molecule has 0 spiro atoms. The van der Waals surface area contributed by atoms with E-state index in [1.54, 1.807) is 0 Å². The smallest absolute Gasteiger partial charge is 1.00 e. The van der Waals surface area contributed by atoms with Crippen LogP contribution >= 0.6 is 0 Å². The largest absolute Gasteiger partial charge is 3.00 e. The second kappa shape index (κ2) is 30.8. The van der Waals surface area contributed by atoms with E-state index in [4.69, 9.17) is 0 Å². The van der Waals surface area contributed by atoms with E-state index in [2.05, 4.69) is 0 Å². The van der Waals surface area contributed by atoms with Crippen molar-refractivity contribution in [2.75, 3.05) is 0 Å². The average Bonchev–Trinajstić information content (AvgIpc) is 0. The van der Waals surface area contributed by atoms with Crippen molar-refractivity contribution in [3.05, 3.63) is 0 Å². The summed E-state index contributed by atoms with van der Waals surface area (Å²) in [6, 6.07) is 0. The maximum Gasteiger partial charge on any atom is 3.00 e. The molecule has 0 saturated heterocycles. The van der Waals surface area contributed by atoms with Crippen molar-refractivity contribution in [2.45, 2.75) is 0 Å². The molecule has 0 saturated carbocycles. The quantitative estimate of drug-likeness (QED) is 0.216. The summed E-state index contributed by atoms with van der Waals surface area (Å²) in [6.45, 7) is 0. The molecule has 0 radical (unpaired) electrons. The molecule has 0 heterocycles. The first-order valence-electron chi connectivity index (χ1n) is 0. The minimum Gasteiger partial charge on any atom is -1.00 e. The summed E-state index contributed by atoms with van der Waals surface area (Å²) in [4.78, 5) is 0. The van der Waals surface area contributed by atoms with Gasteiger partial charge in [-0.15, -0.1) is 0 Å². The third kappa shape index (κ3) is 22.5. The fourth-order valence-electron chi connectivity index (χ4n) is 0. The van der Waals surface area contributed by atoms with Crippen LogP contribution in [0.5, 0.6) is 0 Å². The van der Waals surface area contributed by atoms with E-state index < -0.39 is 0 Å². The van der Waals surface area contributed by atoms with Crippen LogP contribution in [-0.4, -0.2) is 25.8 Å². The van der Waals surface area contributed by atoms with Gasteiger partial charge in [-0.25, -0.2) is 0 Å². The van der Waals surface area contributed by atoms with Crippen LogP contribution in [0.1, 0.15) is 0 Å². The van der Waals surface area contributed by atoms with Crippen LogP contribution in [0.4, 0.5) is 0 Å². The van der Waals surface area contributed by atoms with Crippen LogP contribution in [0.2, 0.25) is 0 Å². The van der Waals surface area contributed by atoms with Gasteiger partial charge < -0.3 is 95.9 Å². The van der Waals surface area contributed by atoms with E-state index in [-0.39, 0.29) is 191 Å². The molecule has 0 bridgehead atoms. The van der Waals surface area contributed by atoms with Crippen LogP contribution in [0.15, 0.2) is 0 Å². The van der Waals surface area contributed by atoms with Crippen molar-refractivity contribution in [1.82, 2.24) is 0 Å². The molecule has 0 aromatic heterocycles. The molecule has 32 valence electrons. The Balaban J connectivity index is 0. The molecule has 0 unspecified atom stereocenters. The minimum atomic E-state index is 0. The van der Waals surface area contributed by atoms with Gasteiger partial charge >= 0.3 is 94.7 Å². The molecule has 0 aromatic rings. The molecule has 0 aliphatic carbocycles. The van der Waals surface area contributed by atoms with Crippen LogP contribution in [-0.2, 0) is 0 Å². The van der Waals surface area contributed by atoms with Crippen molar-refractivity contribution in [3.8, 4) is 0 Å². The van der Waals surface area contributed by atoms with Crippen LogP contribution in [0, 0.1) is 0 Å². The SMILES string of the molecule is [Cs+].[I-].[I-].[I-].[I-].[In+3]. The van der Waals surface area contributed by atoms with Crippen molar-refractivity contribution in [1.29, 1.82) is 0 Å². The molecule has 0 rings (SSSR count). The minimum absolute atomic E-state index is 0. The second-order valence-corrected chi connectivity index (χ2v) is 0. The normalized spacial score (nSPS) is 0. The van der Waals surface area contributed by atoms with E-state index in [1.807, 2.05) is 0 Å². The Morgan fingerprint density at radius 1 is 0.500 bits per heavy atom. The van der Waals surface area contributed by atoms with Crippen molar-refractivity contribution >= 4 is 25.8 Å². The molecular weight excluding hydrogens is 755 g/mol. The third-order valence-corrected chi connectivity index (χ3v) is 0. The van der Waals surface area contributed by atoms with Gasteiger partial charge in [0.1, 0.15) is 0 Å². The molecule has 0 aliphatic rings. The molecule has 0 N–H and O–H groups in total. The second-order valence-electron chi connectivity index (χ2n) is 0. The maximum atomic E-state index is 0. The fourth-order valence-corrected chi connectivity index (χ4v) is 0. The van der Waals surface area contributed by atoms with Gasteiger partial charge in [0.15, 0.2) is 0 Å². The summed E-state index contributed by atoms with van der Waals surface area (Å²) >= 11 is 0. The van der Waals surface area contributed by atoms with Gasteiger partial charge in [-0.3, -0.25) is 0 Å². The van der Waals surface area contributed by atoms with E-state index in [1.165, 1.54) is 0 Å². The first kappa shape index (κ1) is 40.8. The summed E-state index contributed by atoms with van der Waals surface area (Å²) in [5, 5.41) is 0. The Morgan fingerprint density at radius 3 is 0.500 bits per heavy atom. The Morgan fingerprint density at radius 2 is 0.500 bits per heavy atom. The zero-order valence-corrected chi connectivity index (χ0v) is 21.3. The van der Waals surface area contributed by atoms with E-state index in [0.29, 0.717) is 0 Å². The topological polar surface area (TPSA) is 0 Å². The number of hydrogen-bond donors (Lipinski definition) is 0. The van der Waals surface area contributed by atoms with Gasteiger partial charge in [-0.1, -0.05) is 0 Å². The molecule has 0 amide bonds. The summed E-state index contributed by atoms with van der Waals surface area (Å²) in [5.74, 6) is 0. The number of rotatable bonds is 0. The number of hydrogen-bond acceptors (Lipinski definition) is 0. The third-order valence-electron chi connectivity index (χ3n) is 0. The van der Waals surface area contributed by atoms with Gasteiger partial charge in [0, 0.05) is 0 Å². The van der Waals surface area contributed by atoms with Crippen molar-refractivity contribution in [3.63, 3.8) is 0 Å². The van der Waals surface area contributed by atoms with E-state index in [9.17, 15) is 0 Å².